The van der Waals surface area contributed by atoms with Crippen LogP contribution in [0.3, 0.4) is 0 Å². The molecule has 0 bridgehead atoms. The number of carbonyl (C=O) groups excluding carboxylic acids is 2. The smallest absolute Gasteiger partial charge is 0.315 e. The topological polar surface area (TPSA) is 97.6 Å². The van der Waals surface area contributed by atoms with Crippen LogP contribution < -0.4 is 5.32 Å². The number of ether oxygens (including phenoxy) is 1. The van der Waals surface area contributed by atoms with E-state index in [4.69, 9.17) is 9.26 Å². The van der Waals surface area contributed by atoms with Crippen molar-refractivity contribution in [3.05, 3.63) is 11.7 Å². The Morgan fingerprint density at radius 1 is 1.17 bits per heavy atom. The molecule has 0 aromatic carbocycles. The van der Waals surface area contributed by atoms with Crippen molar-refractivity contribution in [1.82, 2.24) is 20.4 Å². The summed E-state index contributed by atoms with van der Waals surface area (Å²) in [4.78, 5) is 30.0. The molecule has 1 aliphatic carbocycles. The third-order valence-electron chi connectivity index (χ3n) is 4.28. The van der Waals surface area contributed by atoms with E-state index in [0.717, 1.165) is 25.7 Å². The van der Waals surface area contributed by atoms with Crippen molar-refractivity contribution < 1.29 is 18.8 Å². The lowest BCUT2D eigenvalue weighted by Crippen LogP contribution is -2.41. The predicted octanol–water partition coefficient (Wildman–Crippen LogP) is 0.533. The van der Waals surface area contributed by atoms with Gasteiger partial charge in [-0.05, 0) is 12.8 Å². The second-order valence-electron chi connectivity index (χ2n) is 5.99. The highest BCUT2D eigenvalue weighted by atomic mass is 16.5. The van der Waals surface area contributed by atoms with Gasteiger partial charge in [-0.3, -0.25) is 9.59 Å². The highest BCUT2D eigenvalue weighted by Gasteiger charge is 2.23. The van der Waals surface area contributed by atoms with Gasteiger partial charge in [-0.2, -0.15) is 4.98 Å². The van der Waals surface area contributed by atoms with Crippen molar-refractivity contribution in [2.24, 2.45) is 0 Å². The average Bonchev–Trinajstić information content (AvgIpc) is 3.05. The highest BCUT2D eigenvalue weighted by molar-refractivity contribution is 5.89. The van der Waals surface area contributed by atoms with E-state index in [9.17, 15) is 9.59 Å². The Balaban J connectivity index is 1.52. The van der Waals surface area contributed by atoms with Crippen LogP contribution in [0, 0.1) is 0 Å². The summed E-state index contributed by atoms with van der Waals surface area (Å²) < 4.78 is 10.2. The molecule has 1 saturated heterocycles. The lowest BCUT2D eigenvalue weighted by Gasteiger charge is -2.26. The van der Waals surface area contributed by atoms with E-state index in [1.807, 2.05) is 0 Å². The third-order valence-corrected chi connectivity index (χ3v) is 4.28. The number of hydrogen-bond acceptors (Lipinski definition) is 6. The fraction of sp³-hybridized carbons (Fsp3) is 0.733. The zero-order valence-electron chi connectivity index (χ0n) is 13.1. The molecule has 0 atom stereocenters. The maximum Gasteiger partial charge on any atom is 0.315 e. The number of morpholine rings is 1. The number of amides is 2. The van der Waals surface area contributed by atoms with Gasteiger partial charge in [-0.25, -0.2) is 0 Å². The van der Waals surface area contributed by atoms with Gasteiger partial charge in [0.1, 0.15) is 0 Å². The van der Waals surface area contributed by atoms with Crippen molar-refractivity contribution in [2.75, 3.05) is 26.3 Å². The van der Waals surface area contributed by atoms with Gasteiger partial charge in [0.25, 0.3) is 0 Å². The van der Waals surface area contributed by atoms with Crippen molar-refractivity contribution >= 4 is 11.8 Å². The van der Waals surface area contributed by atoms with E-state index in [-0.39, 0.29) is 36.0 Å². The molecule has 3 rings (SSSR count). The zero-order valence-corrected chi connectivity index (χ0v) is 13.1. The number of nitrogens with zero attached hydrogens (tertiary/aromatic N) is 3. The van der Waals surface area contributed by atoms with Gasteiger partial charge in [0, 0.05) is 19.1 Å². The van der Waals surface area contributed by atoms with E-state index < -0.39 is 0 Å². The molecule has 126 valence electrons. The molecule has 2 heterocycles. The molecule has 8 nitrogen and oxygen atoms in total. The van der Waals surface area contributed by atoms with E-state index in [1.165, 1.54) is 6.42 Å². The molecule has 0 unspecified atom stereocenters. The van der Waals surface area contributed by atoms with Crippen LogP contribution in [0.15, 0.2) is 4.52 Å². The lowest BCUT2D eigenvalue weighted by molar-refractivity contribution is -0.134. The fourth-order valence-electron chi connectivity index (χ4n) is 2.97. The number of rotatable bonds is 4. The summed E-state index contributed by atoms with van der Waals surface area (Å²) in [5.41, 5.74) is 0. The van der Waals surface area contributed by atoms with Crippen molar-refractivity contribution in [2.45, 2.75) is 44.6 Å². The average molecular weight is 322 g/mol. The SMILES string of the molecule is O=C(NC1CCCCC1)c1nc(CC(=O)N2CCOCC2)no1. The molecule has 8 heteroatoms. The molecule has 1 aromatic heterocycles. The summed E-state index contributed by atoms with van der Waals surface area (Å²) in [6, 6.07) is 0.182. The maximum absolute atomic E-state index is 12.1. The quantitative estimate of drug-likeness (QED) is 0.868. The van der Waals surface area contributed by atoms with Gasteiger partial charge in [-0.1, -0.05) is 24.4 Å². The normalized spacial score (nSPS) is 19.6. The van der Waals surface area contributed by atoms with Crippen LogP contribution in [0.2, 0.25) is 0 Å². The Hall–Kier alpha value is -1.96. The van der Waals surface area contributed by atoms with Crippen LogP contribution in [-0.4, -0.2) is 59.2 Å². The fourth-order valence-corrected chi connectivity index (χ4v) is 2.97. The molecule has 2 amide bonds. The maximum atomic E-state index is 12.1. The third kappa shape index (κ3) is 4.28. The Kier molecular flexibility index (Phi) is 5.22. The first kappa shape index (κ1) is 15.9. The van der Waals surface area contributed by atoms with Crippen molar-refractivity contribution in [1.29, 1.82) is 0 Å². The molecule has 2 fully saturated rings. The van der Waals surface area contributed by atoms with Crippen LogP contribution in [0.25, 0.3) is 0 Å². The largest absolute Gasteiger partial charge is 0.378 e. The molecule has 1 aliphatic heterocycles. The van der Waals surface area contributed by atoms with Crippen molar-refractivity contribution in [3.63, 3.8) is 0 Å². The summed E-state index contributed by atoms with van der Waals surface area (Å²) in [5, 5.41) is 6.66. The molecule has 0 spiro atoms. The summed E-state index contributed by atoms with van der Waals surface area (Å²) in [7, 11) is 0. The highest BCUT2D eigenvalue weighted by Crippen LogP contribution is 2.17. The molecule has 2 aliphatic rings. The van der Waals surface area contributed by atoms with E-state index in [1.54, 1.807) is 4.90 Å². The van der Waals surface area contributed by atoms with Crippen LogP contribution in [0.4, 0.5) is 0 Å². The predicted molar refractivity (Wildman–Crippen MR) is 79.7 cm³/mol. The number of aromatic nitrogens is 2. The number of carbonyl (C=O) groups is 2. The minimum Gasteiger partial charge on any atom is -0.378 e. The summed E-state index contributed by atoms with van der Waals surface area (Å²) in [6.45, 7) is 2.25. The second-order valence-corrected chi connectivity index (χ2v) is 5.99. The second kappa shape index (κ2) is 7.54. The minimum atomic E-state index is -0.352. The molecule has 1 saturated carbocycles. The van der Waals surface area contributed by atoms with Gasteiger partial charge in [0.05, 0.1) is 19.6 Å². The lowest BCUT2D eigenvalue weighted by atomic mass is 9.95. The first-order valence-electron chi connectivity index (χ1n) is 8.21. The Labute approximate surface area is 134 Å². The van der Waals surface area contributed by atoms with Gasteiger partial charge in [0.2, 0.25) is 5.91 Å². The van der Waals surface area contributed by atoms with Crippen molar-refractivity contribution in [3.8, 4) is 0 Å². The molecule has 0 radical (unpaired) electrons. The van der Waals surface area contributed by atoms with Gasteiger partial charge in [0.15, 0.2) is 5.82 Å². The Bertz CT molecular complexity index is 547. The Morgan fingerprint density at radius 2 is 1.91 bits per heavy atom. The summed E-state index contributed by atoms with van der Waals surface area (Å²) >= 11 is 0. The first-order chi connectivity index (χ1) is 11.2. The van der Waals surface area contributed by atoms with Crippen LogP contribution in [0.1, 0.15) is 48.6 Å². The molecular weight excluding hydrogens is 300 g/mol. The molecule has 1 aromatic rings. The standard InChI is InChI=1S/C15H22N4O4/c20-13(19-6-8-22-9-7-19)10-12-17-15(23-18-12)14(21)16-11-4-2-1-3-5-11/h11H,1-10H2,(H,16,21). The van der Waals surface area contributed by atoms with E-state index >= 15 is 0 Å². The first-order valence-corrected chi connectivity index (χ1v) is 8.21. The van der Waals surface area contributed by atoms with Crippen LogP contribution in [-0.2, 0) is 16.0 Å². The number of nitrogens with one attached hydrogen (secondary N) is 1. The summed E-state index contributed by atoms with van der Waals surface area (Å²) in [6.07, 6.45) is 5.51. The van der Waals surface area contributed by atoms with E-state index in [2.05, 4.69) is 15.5 Å². The zero-order chi connectivity index (χ0) is 16.1. The van der Waals surface area contributed by atoms with Gasteiger partial charge >= 0.3 is 11.8 Å². The molecule has 1 N–H and O–H groups in total. The van der Waals surface area contributed by atoms with Crippen LogP contribution in [0.5, 0.6) is 0 Å². The minimum absolute atomic E-state index is 0.0419. The van der Waals surface area contributed by atoms with E-state index in [0.29, 0.717) is 26.3 Å². The monoisotopic (exact) mass is 322 g/mol. The van der Waals surface area contributed by atoms with Gasteiger partial charge < -0.3 is 19.5 Å². The van der Waals surface area contributed by atoms with Gasteiger partial charge in [-0.15, -0.1) is 0 Å². The van der Waals surface area contributed by atoms with Crippen LogP contribution >= 0.6 is 0 Å². The molecular formula is C15H22N4O4. The Morgan fingerprint density at radius 3 is 2.65 bits per heavy atom. The molecule has 23 heavy (non-hydrogen) atoms. The number of hydrogen-bond donors (Lipinski definition) is 1. The summed E-state index contributed by atoms with van der Waals surface area (Å²) in [5.74, 6) is -0.251.